The molecule has 1 aromatic carbocycles. The maximum atomic E-state index is 12.1. The van der Waals surface area contributed by atoms with Gasteiger partial charge >= 0.3 is 0 Å². The molecule has 1 aromatic rings. The van der Waals surface area contributed by atoms with Crippen molar-refractivity contribution in [1.82, 2.24) is 10.0 Å². The number of hydrogen-bond donors (Lipinski definition) is 2. The Hall–Kier alpha value is -0.620. The number of piperidine rings is 1. The van der Waals surface area contributed by atoms with Crippen LogP contribution in [-0.2, 0) is 16.6 Å². The van der Waals surface area contributed by atoms with Crippen LogP contribution in [0.2, 0.25) is 5.02 Å². The van der Waals surface area contributed by atoms with Crippen molar-refractivity contribution in [3.8, 4) is 0 Å². The molecule has 2 N–H and O–H groups in total. The first-order valence-corrected chi connectivity index (χ1v) is 7.94. The van der Waals surface area contributed by atoms with Gasteiger partial charge in [0.1, 0.15) is 0 Å². The van der Waals surface area contributed by atoms with E-state index in [1.165, 1.54) is 0 Å². The zero-order chi connectivity index (χ0) is 13.0. The molecule has 1 fully saturated rings. The number of hydrogen-bond acceptors (Lipinski definition) is 3. The highest BCUT2D eigenvalue weighted by atomic mass is 35.5. The Balaban J connectivity index is 1.96. The van der Waals surface area contributed by atoms with Crippen molar-refractivity contribution >= 4 is 21.6 Å². The lowest BCUT2D eigenvalue weighted by Crippen LogP contribution is -2.41. The number of nitrogens with one attached hydrogen (secondary N) is 2. The first-order chi connectivity index (χ1) is 8.58. The van der Waals surface area contributed by atoms with Crippen LogP contribution < -0.4 is 10.0 Å². The van der Waals surface area contributed by atoms with Crippen LogP contribution in [0.25, 0.3) is 0 Å². The van der Waals surface area contributed by atoms with Gasteiger partial charge in [0, 0.05) is 11.6 Å². The molecule has 0 unspecified atom stereocenters. The van der Waals surface area contributed by atoms with Crippen LogP contribution in [0.15, 0.2) is 24.3 Å². The summed E-state index contributed by atoms with van der Waals surface area (Å²) in [4.78, 5) is 0. The largest absolute Gasteiger partial charge is 0.317 e. The summed E-state index contributed by atoms with van der Waals surface area (Å²) in [5.41, 5.74) is 0.875. The molecular weight excluding hydrogens is 272 g/mol. The maximum absolute atomic E-state index is 12.1. The molecule has 0 radical (unpaired) electrons. The standard InChI is InChI=1S/C12H17ClN2O2S/c13-11-3-1-2-10(8-11)9-15-18(16,17)12-4-6-14-7-5-12/h1-3,8,12,14-15H,4-7,9H2. The first kappa shape index (κ1) is 13.8. The summed E-state index contributed by atoms with van der Waals surface area (Å²) >= 11 is 5.86. The average molecular weight is 289 g/mol. The summed E-state index contributed by atoms with van der Waals surface area (Å²) in [5.74, 6) is 0. The van der Waals surface area contributed by atoms with Crippen LogP contribution in [0.5, 0.6) is 0 Å². The molecular formula is C12H17ClN2O2S. The summed E-state index contributed by atoms with van der Waals surface area (Å²) in [7, 11) is -3.23. The van der Waals surface area contributed by atoms with Crippen molar-refractivity contribution in [1.29, 1.82) is 0 Å². The van der Waals surface area contributed by atoms with Crippen molar-refractivity contribution < 1.29 is 8.42 Å². The van der Waals surface area contributed by atoms with Gasteiger partial charge in [0.25, 0.3) is 0 Å². The highest BCUT2D eigenvalue weighted by Crippen LogP contribution is 2.14. The van der Waals surface area contributed by atoms with E-state index in [1.54, 1.807) is 12.1 Å². The fourth-order valence-electron chi connectivity index (χ4n) is 2.05. The van der Waals surface area contributed by atoms with Gasteiger partial charge in [0.05, 0.1) is 5.25 Å². The van der Waals surface area contributed by atoms with Gasteiger partial charge in [-0.05, 0) is 43.6 Å². The number of rotatable bonds is 4. The van der Waals surface area contributed by atoms with Crippen molar-refractivity contribution in [2.75, 3.05) is 13.1 Å². The number of sulfonamides is 1. The van der Waals surface area contributed by atoms with E-state index in [9.17, 15) is 8.42 Å². The fourth-order valence-corrected chi connectivity index (χ4v) is 3.73. The topological polar surface area (TPSA) is 58.2 Å². The normalized spacial score (nSPS) is 17.8. The van der Waals surface area contributed by atoms with Crippen LogP contribution in [0.3, 0.4) is 0 Å². The molecule has 2 rings (SSSR count). The van der Waals surface area contributed by atoms with E-state index in [0.29, 0.717) is 24.4 Å². The third-order valence-corrected chi connectivity index (χ3v) is 5.22. The molecule has 0 spiro atoms. The Morgan fingerprint density at radius 3 is 2.72 bits per heavy atom. The van der Waals surface area contributed by atoms with Gasteiger partial charge in [0.2, 0.25) is 10.0 Å². The van der Waals surface area contributed by atoms with Crippen molar-refractivity contribution in [2.45, 2.75) is 24.6 Å². The first-order valence-electron chi connectivity index (χ1n) is 6.01. The van der Waals surface area contributed by atoms with E-state index < -0.39 is 10.0 Å². The third kappa shape index (κ3) is 3.68. The van der Waals surface area contributed by atoms with Gasteiger partial charge in [-0.2, -0.15) is 0 Å². The molecule has 1 aliphatic heterocycles. The second-order valence-electron chi connectivity index (χ2n) is 4.45. The molecule has 100 valence electrons. The Kier molecular flexibility index (Phi) is 4.61. The maximum Gasteiger partial charge on any atom is 0.214 e. The van der Waals surface area contributed by atoms with E-state index in [0.717, 1.165) is 18.7 Å². The monoisotopic (exact) mass is 288 g/mol. The Bertz CT molecular complexity index is 499. The van der Waals surface area contributed by atoms with Gasteiger partial charge in [-0.3, -0.25) is 0 Å². The summed E-state index contributed by atoms with van der Waals surface area (Å²) in [6.07, 6.45) is 1.34. The molecule has 0 atom stereocenters. The van der Waals surface area contributed by atoms with Gasteiger partial charge in [-0.25, -0.2) is 13.1 Å². The number of halogens is 1. The van der Waals surface area contributed by atoms with E-state index >= 15 is 0 Å². The Morgan fingerprint density at radius 1 is 1.33 bits per heavy atom. The van der Waals surface area contributed by atoms with Crippen molar-refractivity contribution in [3.05, 3.63) is 34.9 Å². The van der Waals surface area contributed by atoms with Gasteiger partial charge in [-0.1, -0.05) is 23.7 Å². The highest BCUT2D eigenvalue weighted by molar-refractivity contribution is 7.90. The quantitative estimate of drug-likeness (QED) is 0.883. The number of benzene rings is 1. The van der Waals surface area contributed by atoms with Crippen LogP contribution in [0.1, 0.15) is 18.4 Å². The molecule has 0 aliphatic carbocycles. The lowest BCUT2D eigenvalue weighted by molar-refractivity contribution is 0.489. The molecule has 1 heterocycles. The molecule has 0 saturated carbocycles. The SMILES string of the molecule is O=S(=O)(NCc1cccc(Cl)c1)C1CCNCC1. The second kappa shape index (κ2) is 6.02. The second-order valence-corrected chi connectivity index (χ2v) is 6.93. The fraction of sp³-hybridized carbons (Fsp3) is 0.500. The molecule has 18 heavy (non-hydrogen) atoms. The minimum absolute atomic E-state index is 0.280. The molecule has 1 aliphatic rings. The van der Waals surface area contributed by atoms with E-state index in [4.69, 9.17) is 11.6 Å². The van der Waals surface area contributed by atoms with Crippen LogP contribution in [-0.4, -0.2) is 26.8 Å². The highest BCUT2D eigenvalue weighted by Gasteiger charge is 2.26. The molecule has 0 amide bonds. The summed E-state index contributed by atoms with van der Waals surface area (Å²) in [6.45, 7) is 1.83. The molecule has 0 aromatic heterocycles. The summed E-state index contributed by atoms with van der Waals surface area (Å²) in [6, 6.07) is 7.21. The zero-order valence-electron chi connectivity index (χ0n) is 10.0. The van der Waals surface area contributed by atoms with Gasteiger partial charge in [-0.15, -0.1) is 0 Å². The predicted octanol–water partition coefficient (Wildman–Crippen LogP) is 1.51. The minimum Gasteiger partial charge on any atom is -0.317 e. The van der Waals surface area contributed by atoms with Crippen LogP contribution in [0.4, 0.5) is 0 Å². The molecule has 1 saturated heterocycles. The Labute approximate surface area is 113 Å². The lowest BCUT2D eigenvalue weighted by Gasteiger charge is -2.22. The van der Waals surface area contributed by atoms with E-state index in [2.05, 4.69) is 10.0 Å². The lowest BCUT2D eigenvalue weighted by atomic mass is 10.2. The summed E-state index contributed by atoms with van der Waals surface area (Å²) in [5, 5.41) is 3.50. The smallest absolute Gasteiger partial charge is 0.214 e. The van der Waals surface area contributed by atoms with Gasteiger partial charge < -0.3 is 5.32 Å². The molecule has 0 bridgehead atoms. The Morgan fingerprint density at radius 2 is 2.06 bits per heavy atom. The summed E-state index contributed by atoms with van der Waals surface area (Å²) < 4.78 is 26.8. The van der Waals surface area contributed by atoms with E-state index in [-0.39, 0.29) is 5.25 Å². The zero-order valence-corrected chi connectivity index (χ0v) is 11.6. The van der Waals surface area contributed by atoms with E-state index in [1.807, 2.05) is 12.1 Å². The van der Waals surface area contributed by atoms with Crippen molar-refractivity contribution in [3.63, 3.8) is 0 Å². The molecule has 4 nitrogen and oxygen atoms in total. The minimum atomic E-state index is -3.23. The average Bonchev–Trinajstić information content (AvgIpc) is 2.38. The van der Waals surface area contributed by atoms with Gasteiger partial charge in [0.15, 0.2) is 0 Å². The predicted molar refractivity (Wildman–Crippen MR) is 73.1 cm³/mol. The van der Waals surface area contributed by atoms with Crippen LogP contribution >= 0.6 is 11.6 Å². The molecule has 6 heteroatoms. The van der Waals surface area contributed by atoms with Crippen molar-refractivity contribution in [2.24, 2.45) is 0 Å². The van der Waals surface area contributed by atoms with Crippen LogP contribution in [0, 0.1) is 0 Å². The third-order valence-electron chi connectivity index (χ3n) is 3.09.